The van der Waals surface area contributed by atoms with Crippen LogP contribution in [0, 0.1) is 34.0 Å². The summed E-state index contributed by atoms with van der Waals surface area (Å²) in [5, 5.41) is 20.6. The van der Waals surface area contributed by atoms with Gasteiger partial charge in [0.15, 0.2) is 11.8 Å². The molecule has 4 nitrogen and oxygen atoms in total. The first-order chi connectivity index (χ1) is 12.1. The zero-order chi connectivity index (χ0) is 17.6. The Bertz CT molecular complexity index is 858. The van der Waals surface area contributed by atoms with Gasteiger partial charge in [-0.3, -0.25) is 9.69 Å². The molecule has 4 atom stereocenters. The molecule has 2 aliphatic heterocycles. The van der Waals surface area contributed by atoms with Crippen molar-refractivity contribution in [3.63, 3.8) is 0 Å². The molecule has 124 valence electrons. The van der Waals surface area contributed by atoms with Crippen molar-refractivity contribution in [2.24, 2.45) is 11.3 Å². The maximum Gasteiger partial charge on any atom is 0.211 e. The van der Waals surface area contributed by atoms with Gasteiger partial charge in [0.05, 0.1) is 24.3 Å². The Morgan fingerprint density at radius 3 is 2.56 bits per heavy atom. The summed E-state index contributed by atoms with van der Waals surface area (Å²) in [5.41, 5.74) is -0.605. The van der Waals surface area contributed by atoms with Gasteiger partial charge < -0.3 is 0 Å². The van der Waals surface area contributed by atoms with Gasteiger partial charge in [-0.1, -0.05) is 35.9 Å². The molecule has 2 heterocycles. The second kappa shape index (κ2) is 5.85. The highest BCUT2D eigenvalue weighted by Crippen LogP contribution is 2.48. The number of benzene rings is 1. The Hall–Kier alpha value is -2.40. The minimum absolute atomic E-state index is 0.0515. The van der Waals surface area contributed by atoms with E-state index in [9.17, 15) is 15.3 Å². The predicted octanol–water partition coefficient (Wildman–Crippen LogP) is 2.16. The minimum Gasteiger partial charge on any atom is -0.293 e. The number of hydrogen-bond donors (Lipinski definition) is 1. The third-order valence-corrected chi connectivity index (χ3v) is 5.98. The zero-order valence-corrected chi connectivity index (χ0v) is 14.3. The van der Waals surface area contributed by atoms with Crippen molar-refractivity contribution >= 4 is 17.4 Å². The van der Waals surface area contributed by atoms with Gasteiger partial charge in [-0.25, -0.2) is 0 Å². The van der Waals surface area contributed by atoms with Crippen LogP contribution in [0.5, 0.6) is 0 Å². The Morgan fingerprint density at radius 1 is 1.20 bits per heavy atom. The molecule has 2 fully saturated rings. The number of fused-ring (bicyclic) bond motifs is 1. The molecular weight excluding hydrogens is 334 g/mol. The van der Waals surface area contributed by atoms with Crippen LogP contribution >= 0.6 is 11.6 Å². The monoisotopic (exact) mass is 350 g/mol. The topological polar surface area (TPSA) is 69.1 Å². The van der Waals surface area contributed by atoms with Crippen molar-refractivity contribution < 1.29 is 9.69 Å². The number of carbonyl (C=O) groups excluding carboxylic acids is 1. The van der Waals surface area contributed by atoms with Crippen LogP contribution in [-0.2, 0) is 4.79 Å². The van der Waals surface area contributed by atoms with Gasteiger partial charge in [0.25, 0.3) is 0 Å². The summed E-state index contributed by atoms with van der Waals surface area (Å²) in [6, 6.07) is 11.0. The second-order valence-electron chi connectivity index (χ2n) is 6.97. The predicted molar refractivity (Wildman–Crippen MR) is 92.4 cm³/mol. The summed E-state index contributed by atoms with van der Waals surface area (Å²) in [5.74, 6) is -0.343. The number of hydrogen-bond acceptors (Lipinski definition) is 3. The van der Waals surface area contributed by atoms with Crippen LogP contribution in [0.15, 0.2) is 48.7 Å². The van der Waals surface area contributed by atoms with Crippen LogP contribution in [0.25, 0.3) is 0 Å². The fourth-order valence-electron chi connectivity index (χ4n) is 4.32. The second-order valence-corrected chi connectivity index (χ2v) is 7.38. The minimum atomic E-state index is -1.32. The van der Waals surface area contributed by atoms with E-state index < -0.39 is 17.4 Å². The number of nitriles is 2. The molecule has 0 radical (unpaired) electrons. The number of carbonyl (C=O) groups is 1. The van der Waals surface area contributed by atoms with E-state index in [2.05, 4.69) is 12.1 Å². The van der Waals surface area contributed by atoms with Gasteiger partial charge in [-0.15, -0.1) is 0 Å². The van der Waals surface area contributed by atoms with E-state index in [4.69, 9.17) is 11.6 Å². The van der Waals surface area contributed by atoms with Gasteiger partial charge in [0.1, 0.15) is 6.04 Å². The highest BCUT2D eigenvalue weighted by molar-refractivity contribution is 6.31. The third-order valence-electron chi connectivity index (χ3n) is 5.63. The number of allylic oxidation sites excluding steroid dienone is 2. The van der Waals surface area contributed by atoms with E-state index in [0.717, 1.165) is 23.3 Å². The summed E-state index contributed by atoms with van der Waals surface area (Å²) in [7, 11) is 0. The molecule has 1 saturated carbocycles. The van der Waals surface area contributed by atoms with Gasteiger partial charge in [-0.05, 0) is 36.6 Å². The lowest BCUT2D eigenvalue weighted by molar-refractivity contribution is -0.872. The van der Waals surface area contributed by atoms with Gasteiger partial charge in [0, 0.05) is 10.9 Å². The Balaban J connectivity index is 1.94. The lowest BCUT2D eigenvalue weighted by Crippen LogP contribution is -3.14. The summed E-state index contributed by atoms with van der Waals surface area (Å²) in [4.78, 5) is 14.0. The fourth-order valence-corrected chi connectivity index (χ4v) is 4.58. The van der Waals surface area contributed by atoms with E-state index in [-0.39, 0.29) is 17.7 Å². The van der Waals surface area contributed by atoms with Crippen molar-refractivity contribution in [1.82, 2.24) is 0 Å². The Labute approximate surface area is 151 Å². The molecule has 0 amide bonds. The van der Waals surface area contributed by atoms with Crippen LogP contribution < -0.4 is 4.90 Å². The molecule has 0 aromatic heterocycles. The quantitative estimate of drug-likeness (QED) is 0.908. The standard InChI is InChI=1S/C20H16ClN3O/c21-15-6-2-1-5-14(15)17-18(19(25)13-8-9-13)24-10-4-3-7-16(24)20(17,11-22)12-23/h1-7,10,13,16-18H,8-9H2/p+1/t16-,17-,18+/m1/s1. The zero-order valence-electron chi connectivity index (χ0n) is 13.5. The molecule has 1 aliphatic carbocycles. The van der Waals surface area contributed by atoms with E-state index in [1.54, 1.807) is 6.07 Å². The average molecular weight is 351 g/mol. The summed E-state index contributed by atoms with van der Waals surface area (Å²) in [6.45, 7) is 0. The molecule has 25 heavy (non-hydrogen) atoms. The molecule has 1 unspecified atom stereocenters. The number of halogens is 1. The highest BCUT2D eigenvalue weighted by Gasteiger charge is 2.67. The number of nitrogens with zero attached hydrogens (tertiary/aromatic N) is 2. The van der Waals surface area contributed by atoms with Crippen LogP contribution in [0.2, 0.25) is 5.02 Å². The Morgan fingerprint density at radius 2 is 1.92 bits per heavy atom. The maximum absolute atomic E-state index is 13.1. The maximum atomic E-state index is 13.1. The summed E-state index contributed by atoms with van der Waals surface area (Å²) in [6.07, 6.45) is 9.32. The number of rotatable bonds is 3. The van der Waals surface area contributed by atoms with E-state index in [0.29, 0.717) is 5.02 Å². The molecular formula is C20H17ClN3O+. The normalized spacial score (nSPS) is 31.8. The van der Waals surface area contributed by atoms with Crippen LogP contribution in [0.1, 0.15) is 24.3 Å². The molecule has 5 heteroatoms. The number of quaternary nitrogens is 1. The highest BCUT2D eigenvalue weighted by atomic mass is 35.5. The van der Waals surface area contributed by atoms with Crippen LogP contribution in [0.4, 0.5) is 0 Å². The lowest BCUT2D eigenvalue weighted by atomic mass is 9.69. The van der Waals surface area contributed by atoms with E-state index in [1.165, 1.54) is 0 Å². The smallest absolute Gasteiger partial charge is 0.211 e. The fraction of sp³-hybridized carbons (Fsp3) is 0.350. The lowest BCUT2D eigenvalue weighted by Gasteiger charge is -2.24. The van der Waals surface area contributed by atoms with Crippen LogP contribution in [-0.4, -0.2) is 17.9 Å². The summed E-state index contributed by atoms with van der Waals surface area (Å²) >= 11 is 6.43. The number of nitrogens with one attached hydrogen (secondary N) is 1. The van der Waals surface area contributed by atoms with Crippen molar-refractivity contribution in [2.45, 2.75) is 30.8 Å². The number of Topliss-reactive ketones (excluding diaryl/α,β-unsaturated/α-hetero) is 1. The van der Waals surface area contributed by atoms with Gasteiger partial charge >= 0.3 is 0 Å². The molecule has 0 bridgehead atoms. The third kappa shape index (κ3) is 2.26. The van der Waals surface area contributed by atoms with Gasteiger partial charge in [-0.2, -0.15) is 10.5 Å². The molecule has 1 aromatic carbocycles. The first-order valence-corrected chi connectivity index (χ1v) is 8.84. The van der Waals surface area contributed by atoms with Crippen molar-refractivity contribution in [3.05, 3.63) is 59.3 Å². The Kier molecular flexibility index (Phi) is 3.76. The van der Waals surface area contributed by atoms with Crippen LogP contribution in [0.3, 0.4) is 0 Å². The molecule has 1 saturated heterocycles. The van der Waals surface area contributed by atoms with Crippen molar-refractivity contribution in [1.29, 1.82) is 10.5 Å². The van der Waals surface area contributed by atoms with Crippen molar-refractivity contribution in [2.75, 3.05) is 0 Å². The SMILES string of the molecule is N#CC1(C#N)[C@H](c2ccccc2Cl)[C@@H](C(=O)C2CC2)[NH+]2C=CC=C[C@@H]21. The summed E-state index contributed by atoms with van der Waals surface area (Å²) < 4.78 is 0. The first kappa shape index (κ1) is 16.1. The van der Waals surface area contributed by atoms with Gasteiger partial charge in [0.2, 0.25) is 5.41 Å². The van der Waals surface area contributed by atoms with Crippen molar-refractivity contribution in [3.8, 4) is 12.1 Å². The first-order valence-electron chi connectivity index (χ1n) is 8.46. The van der Waals surface area contributed by atoms with E-state index >= 15 is 0 Å². The molecule has 0 spiro atoms. The molecule has 4 rings (SSSR count). The molecule has 1 aromatic rings. The average Bonchev–Trinajstić information content (AvgIpc) is 3.44. The van der Waals surface area contributed by atoms with E-state index in [1.807, 2.05) is 42.6 Å². The molecule has 3 aliphatic rings. The largest absolute Gasteiger partial charge is 0.293 e. The number of ketones is 1. The molecule has 1 N–H and O–H groups in total.